The van der Waals surface area contributed by atoms with Gasteiger partial charge in [0, 0.05) is 89.8 Å². The van der Waals surface area contributed by atoms with Gasteiger partial charge < -0.3 is 30.4 Å². The average Bonchev–Trinajstić information content (AvgIpc) is 4.08. The number of H-pyrrole nitrogens is 2. The Morgan fingerprint density at radius 3 is 0.971 bits per heavy atom. The molecule has 8 bridgehead atoms. The highest BCUT2D eigenvalue weighted by atomic mass is 32.2. The van der Waals surface area contributed by atoms with Crippen LogP contribution in [0.5, 0.6) is 0 Å². The van der Waals surface area contributed by atoms with Crippen LogP contribution in [-0.4, -0.2) is 110 Å². The molecule has 4 aromatic carbocycles. The number of rotatable bonds is 24. The van der Waals surface area contributed by atoms with E-state index in [0.29, 0.717) is 45.9 Å². The van der Waals surface area contributed by atoms with Gasteiger partial charge in [0.1, 0.15) is 22.6 Å². The van der Waals surface area contributed by atoms with Gasteiger partial charge in [0.05, 0.1) is 0 Å². The molecule has 0 spiro atoms. The van der Waals surface area contributed by atoms with Crippen LogP contribution in [0.25, 0.3) is 89.7 Å². The number of benzene rings is 4. The molecule has 12 nitrogen and oxygen atoms in total. The fraction of sp³-hybridized carbons (Fsp3) is 0.385. The number of aliphatic hydroxyl groups is 4. The molecule has 6 N–H and O–H groups in total. The Kier molecular flexibility index (Phi) is 17.0. The summed E-state index contributed by atoms with van der Waals surface area (Å²) in [6, 6.07) is 25.7. The smallest absolute Gasteiger partial charge is 0.164 e. The highest BCUT2D eigenvalue weighted by molar-refractivity contribution is 8.00. The van der Waals surface area contributed by atoms with Crippen LogP contribution >= 0.6 is 47.0 Å². The van der Waals surface area contributed by atoms with Crippen LogP contribution < -0.4 is 0 Å². The normalized spacial score (nSPS) is 12.1. The van der Waals surface area contributed by atoms with E-state index in [2.05, 4.69) is 82.8 Å². The standard InChI is InChI=1S/C52H58N8O4S4/c61-21-5-1-9-25-65-33-13-17-37-41(29-33)49-53-45(37)58-50-43-31-35(67-27-11-3-7-23-63)15-19-39(43)47(55-50)60-52-44-32-36(68-28-12-4-8-24-64)16-20-40(44)48(56-52)59-51-42-30-34(66-26-10-2-6-22-62)14-18-38(42)46(54-51)57-49/h13-20,29-32,61-64H,1-12,21-28H2,(H2,53,54,55,56,57,58,59,60). The van der Waals surface area contributed by atoms with Crippen LogP contribution in [0, 0.1) is 0 Å². The van der Waals surface area contributed by atoms with Gasteiger partial charge in [-0.1, -0.05) is 25.7 Å². The molecular formula is C52H58N8O4S4. The molecule has 0 radical (unpaired) electrons. The fourth-order valence-corrected chi connectivity index (χ4v) is 12.2. The summed E-state index contributed by atoms with van der Waals surface area (Å²) < 4.78 is 0. The summed E-state index contributed by atoms with van der Waals surface area (Å²) in [6.45, 7) is 0.861. The number of nitrogens with one attached hydrogen (secondary N) is 2. The van der Waals surface area contributed by atoms with Crippen molar-refractivity contribution in [3.63, 3.8) is 0 Å². The molecule has 0 saturated heterocycles. The van der Waals surface area contributed by atoms with Gasteiger partial charge in [-0.05, 0) is 147 Å². The first-order chi connectivity index (χ1) is 33.5. The van der Waals surface area contributed by atoms with E-state index in [4.69, 9.17) is 29.9 Å². The first-order valence-corrected chi connectivity index (χ1v) is 27.8. The van der Waals surface area contributed by atoms with Gasteiger partial charge in [0.25, 0.3) is 0 Å². The van der Waals surface area contributed by atoms with Crippen molar-refractivity contribution in [3.8, 4) is 45.6 Å². The number of hydrogen-bond donors (Lipinski definition) is 6. The Balaban J connectivity index is 1.25. The van der Waals surface area contributed by atoms with Gasteiger partial charge >= 0.3 is 0 Å². The van der Waals surface area contributed by atoms with Crippen LogP contribution in [0.3, 0.4) is 0 Å². The predicted molar refractivity (Wildman–Crippen MR) is 283 cm³/mol. The van der Waals surface area contributed by atoms with Crippen molar-refractivity contribution in [2.24, 2.45) is 0 Å². The number of aromatic amines is 2. The first kappa shape index (κ1) is 48.5. The van der Waals surface area contributed by atoms with E-state index in [9.17, 15) is 20.4 Å². The zero-order valence-corrected chi connectivity index (χ0v) is 41.4. The van der Waals surface area contributed by atoms with Crippen LogP contribution in [0.2, 0.25) is 0 Å². The Morgan fingerprint density at radius 1 is 0.309 bits per heavy atom. The van der Waals surface area contributed by atoms with Crippen LogP contribution in [0.15, 0.2) is 92.4 Å². The SMILES string of the molecule is OCCCCCSc1ccc2c(c1)-c1nc-2nc2[nH]c(nc3nc(nc4[nH]c(n1)c1ccc(SCCCCCO)cc41)-c1ccc(SCCCCCO)cc1-3)c1ccc(SCCCCCO)cc21. The third-order valence-corrected chi connectivity index (χ3v) is 16.3. The summed E-state index contributed by atoms with van der Waals surface area (Å²) >= 11 is 7.20. The van der Waals surface area contributed by atoms with Gasteiger partial charge in [0.2, 0.25) is 0 Å². The molecule has 0 atom stereocenters. The molecule has 5 heterocycles. The lowest BCUT2D eigenvalue weighted by Crippen LogP contribution is -1.87. The van der Waals surface area contributed by atoms with Crippen LogP contribution in [0.1, 0.15) is 77.0 Å². The van der Waals surface area contributed by atoms with Crippen molar-refractivity contribution in [2.45, 2.75) is 96.6 Å². The Labute approximate surface area is 413 Å². The summed E-state index contributed by atoms with van der Waals surface area (Å²) in [5.41, 5.74) is 6.18. The number of unbranched alkanes of at least 4 members (excludes halogenated alkanes) is 8. The van der Waals surface area contributed by atoms with Crippen molar-refractivity contribution in [1.29, 1.82) is 0 Å². The number of hydrogen-bond acceptors (Lipinski definition) is 14. The second-order valence-corrected chi connectivity index (χ2v) is 21.6. The quantitative estimate of drug-likeness (QED) is 0.0248. The second kappa shape index (κ2) is 23.9. The van der Waals surface area contributed by atoms with Crippen molar-refractivity contribution >= 4 is 91.2 Å². The zero-order chi connectivity index (χ0) is 46.7. The summed E-state index contributed by atoms with van der Waals surface area (Å²) in [7, 11) is 0. The molecule has 2 aliphatic heterocycles. The molecule has 7 aromatic rings. The molecule has 2 aliphatic rings. The molecule has 0 unspecified atom stereocenters. The number of fused-ring (bicyclic) bond motifs is 20. The van der Waals surface area contributed by atoms with Crippen LogP contribution in [-0.2, 0) is 0 Å². The lowest BCUT2D eigenvalue weighted by molar-refractivity contribution is 0.284. The number of aromatic nitrogens is 8. The van der Waals surface area contributed by atoms with Gasteiger partial charge in [-0.3, -0.25) is 0 Å². The average molecular weight is 987 g/mol. The molecular weight excluding hydrogens is 929 g/mol. The number of aliphatic hydroxyl groups excluding tert-OH is 4. The maximum atomic E-state index is 9.32. The van der Waals surface area contributed by atoms with Gasteiger partial charge in [-0.25, -0.2) is 29.9 Å². The topological polar surface area (TPSA) is 190 Å². The molecule has 9 rings (SSSR count). The molecule has 0 saturated carbocycles. The van der Waals surface area contributed by atoms with Crippen molar-refractivity contribution in [3.05, 3.63) is 72.8 Å². The minimum absolute atomic E-state index is 0.215. The van der Waals surface area contributed by atoms with Crippen LogP contribution in [0.4, 0.5) is 0 Å². The molecule has 0 fully saturated rings. The van der Waals surface area contributed by atoms with Gasteiger partial charge in [0.15, 0.2) is 23.3 Å². The third kappa shape index (κ3) is 11.6. The lowest BCUT2D eigenvalue weighted by atomic mass is 10.1. The maximum absolute atomic E-state index is 9.32. The minimum atomic E-state index is 0.215. The van der Waals surface area contributed by atoms with E-state index < -0.39 is 0 Å². The van der Waals surface area contributed by atoms with Crippen molar-refractivity contribution in [2.75, 3.05) is 49.4 Å². The molecule has 3 aromatic heterocycles. The van der Waals surface area contributed by atoms with E-state index in [0.717, 1.165) is 163 Å². The monoisotopic (exact) mass is 986 g/mol. The highest BCUT2D eigenvalue weighted by Crippen LogP contribution is 2.41. The van der Waals surface area contributed by atoms with E-state index in [1.165, 1.54) is 0 Å². The Bertz CT molecular complexity index is 2830. The zero-order valence-electron chi connectivity index (χ0n) is 38.2. The lowest BCUT2D eigenvalue weighted by Gasteiger charge is -2.05. The Morgan fingerprint density at radius 2 is 0.618 bits per heavy atom. The predicted octanol–water partition coefficient (Wildman–Crippen LogP) is 11.9. The summed E-state index contributed by atoms with van der Waals surface area (Å²) in [4.78, 5) is 43.4. The largest absolute Gasteiger partial charge is 0.396 e. The highest BCUT2D eigenvalue weighted by Gasteiger charge is 2.24. The van der Waals surface area contributed by atoms with E-state index in [1.54, 1.807) is 47.0 Å². The van der Waals surface area contributed by atoms with E-state index in [1.807, 2.05) is 0 Å². The molecule has 354 valence electrons. The van der Waals surface area contributed by atoms with Gasteiger partial charge in [-0.2, -0.15) is 0 Å². The van der Waals surface area contributed by atoms with Crippen molar-refractivity contribution < 1.29 is 20.4 Å². The van der Waals surface area contributed by atoms with E-state index >= 15 is 0 Å². The molecule has 0 aliphatic carbocycles. The van der Waals surface area contributed by atoms with Crippen molar-refractivity contribution in [1.82, 2.24) is 39.9 Å². The Hall–Kier alpha value is -4.52. The number of nitrogens with zero attached hydrogens (tertiary/aromatic N) is 6. The molecule has 16 heteroatoms. The minimum Gasteiger partial charge on any atom is -0.396 e. The van der Waals surface area contributed by atoms with E-state index in [-0.39, 0.29) is 26.4 Å². The number of thioether (sulfide) groups is 4. The maximum Gasteiger partial charge on any atom is 0.164 e. The summed E-state index contributed by atoms with van der Waals surface area (Å²) in [6.07, 6.45) is 11.2. The second-order valence-electron chi connectivity index (χ2n) is 17.0. The van der Waals surface area contributed by atoms with Gasteiger partial charge in [-0.15, -0.1) is 47.0 Å². The summed E-state index contributed by atoms with van der Waals surface area (Å²) in [5.74, 6) is 6.01. The summed E-state index contributed by atoms with van der Waals surface area (Å²) in [5, 5.41) is 41.0. The molecule has 0 amide bonds. The first-order valence-electron chi connectivity index (χ1n) is 23.9. The molecule has 68 heavy (non-hydrogen) atoms. The third-order valence-electron chi connectivity index (χ3n) is 12.0. The fourth-order valence-electron chi connectivity index (χ4n) is 8.39.